The number of rotatable bonds is 4. The van der Waals surface area contributed by atoms with Gasteiger partial charge in [-0.1, -0.05) is 18.2 Å². The standard InChI is InChI=1S/C15H14FNOS/c16-13-4-2-1-3-12(13)14(15(18)10-5-6-10)17-8-7-11(19)9-17/h1-4,7-10,14,19H,5-6H2. The van der Waals surface area contributed by atoms with Crippen LogP contribution in [0.15, 0.2) is 47.6 Å². The lowest BCUT2D eigenvalue weighted by Gasteiger charge is -2.18. The van der Waals surface area contributed by atoms with E-state index in [9.17, 15) is 9.18 Å². The second-order valence-electron chi connectivity index (χ2n) is 4.92. The molecule has 0 saturated heterocycles. The molecule has 98 valence electrons. The van der Waals surface area contributed by atoms with E-state index in [4.69, 9.17) is 0 Å². The summed E-state index contributed by atoms with van der Waals surface area (Å²) in [7, 11) is 0. The van der Waals surface area contributed by atoms with Crippen LogP contribution in [-0.4, -0.2) is 10.4 Å². The summed E-state index contributed by atoms with van der Waals surface area (Å²) in [6, 6.07) is 7.70. The maximum absolute atomic E-state index is 14.0. The second kappa shape index (κ2) is 4.85. The first-order valence-electron chi connectivity index (χ1n) is 6.31. The van der Waals surface area contributed by atoms with Gasteiger partial charge in [0.05, 0.1) is 0 Å². The van der Waals surface area contributed by atoms with Crippen LogP contribution < -0.4 is 0 Å². The van der Waals surface area contributed by atoms with Gasteiger partial charge in [-0.25, -0.2) is 4.39 Å². The molecule has 1 fully saturated rings. The highest BCUT2D eigenvalue weighted by Crippen LogP contribution is 2.37. The Morgan fingerprint density at radius 1 is 1.32 bits per heavy atom. The number of thiol groups is 1. The third-order valence-electron chi connectivity index (χ3n) is 3.45. The van der Waals surface area contributed by atoms with Crippen molar-refractivity contribution in [3.8, 4) is 0 Å². The highest BCUT2D eigenvalue weighted by Gasteiger charge is 2.37. The van der Waals surface area contributed by atoms with E-state index in [1.54, 1.807) is 41.2 Å². The molecule has 0 amide bonds. The average Bonchev–Trinajstić information content (AvgIpc) is 3.16. The highest BCUT2D eigenvalue weighted by atomic mass is 32.1. The van der Waals surface area contributed by atoms with E-state index in [2.05, 4.69) is 12.6 Å². The summed E-state index contributed by atoms with van der Waals surface area (Å²) in [5.74, 6) is -0.166. The Bertz CT molecular complexity index is 618. The molecule has 1 aliphatic carbocycles. The molecule has 4 heteroatoms. The van der Waals surface area contributed by atoms with Crippen molar-refractivity contribution in [3.05, 3.63) is 54.1 Å². The van der Waals surface area contributed by atoms with Crippen molar-refractivity contribution in [2.24, 2.45) is 5.92 Å². The van der Waals surface area contributed by atoms with Gasteiger partial charge in [0.15, 0.2) is 5.78 Å². The molecule has 1 unspecified atom stereocenters. The van der Waals surface area contributed by atoms with Crippen LogP contribution in [0.1, 0.15) is 24.4 Å². The van der Waals surface area contributed by atoms with Gasteiger partial charge in [0.1, 0.15) is 11.9 Å². The van der Waals surface area contributed by atoms with Gasteiger partial charge in [-0.2, -0.15) is 0 Å². The summed E-state index contributed by atoms with van der Waals surface area (Å²) in [6.07, 6.45) is 5.37. The van der Waals surface area contributed by atoms with Crippen molar-refractivity contribution in [3.63, 3.8) is 0 Å². The molecule has 19 heavy (non-hydrogen) atoms. The zero-order valence-electron chi connectivity index (χ0n) is 10.3. The Labute approximate surface area is 116 Å². The molecule has 1 saturated carbocycles. The fourth-order valence-electron chi connectivity index (χ4n) is 2.31. The molecular weight excluding hydrogens is 261 g/mol. The van der Waals surface area contributed by atoms with Crippen LogP contribution in [0.5, 0.6) is 0 Å². The molecule has 1 aromatic carbocycles. The number of carbonyl (C=O) groups is 1. The number of hydrogen-bond donors (Lipinski definition) is 1. The third kappa shape index (κ3) is 2.45. The maximum atomic E-state index is 14.0. The van der Waals surface area contributed by atoms with E-state index in [1.165, 1.54) is 6.07 Å². The summed E-state index contributed by atoms with van der Waals surface area (Å²) in [5, 5.41) is 0. The predicted octanol–water partition coefficient (Wildman–Crippen LogP) is 3.48. The van der Waals surface area contributed by atoms with Crippen LogP contribution in [0.25, 0.3) is 0 Å². The van der Waals surface area contributed by atoms with Crippen molar-refractivity contribution in [2.45, 2.75) is 23.8 Å². The molecule has 1 atom stereocenters. The highest BCUT2D eigenvalue weighted by molar-refractivity contribution is 7.80. The summed E-state index contributed by atoms with van der Waals surface area (Å²) in [5.41, 5.74) is 0.434. The number of hydrogen-bond acceptors (Lipinski definition) is 2. The van der Waals surface area contributed by atoms with Gasteiger partial charge in [0, 0.05) is 28.8 Å². The summed E-state index contributed by atoms with van der Waals surface area (Å²) < 4.78 is 15.7. The van der Waals surface area contributed by atoms with E-state index < -0.39 is 6.04 Å². The fraction of sp³-hybridized carbons (Fsp3) is 0.267. The lowest BCUT2D eigenvalue weighted by Crippen LogP contribution is -2.22. The average molecular weight is 275 g/mol. The van der Waals surface area contributed by atoms with Crippen LogP contribution in [-0.2, 0) is 4.79 Å². The Hall–Kier alpha value is -1.55. The minimum absolute atomic E-state index is 0.0790. The van der Waals surface area contributed by atoms with E-state index in [-0.39, 0.29) is 17.5 Å². The van der Waals surface area contributed by atoms with E-state index in [0.717, 1.165) is 17.7 Å². The molecule has 0 spiro atoms. The number of halogens is 1. The number of nitrogens with zero attached hydrogens (tertiary/aromatic N) is 1. The van der Waals surface area contributed by atoms with Crippen molar-refractivity contribution in [2.75, 3.05) is 0 Å². The second-order valence-corrected chi connectivity index (χ2v) is 5.43. The Morgan fingerprint density at radius 2 is 2.05 bits per heavy atom. The first-order valence-corrected chi connectivity index (χ1v) is 6.76. The number of ketones is 1. The first-order chi connectivity index (χ1) is 9.16. The zero-order chi connectivity index (χ0) is 13.4. The third-order valence-corrected chi connectivity index (χ3v) is 3.71. The molecule has 0 aliphatic heterocycles. The zero-order valence-corrected chi connectivity index (χ0v) is 11.2. The molecule has 2 aromatic rings. The number of benzene rings is 1. The lowest BCUT2D eigenvalue weighted by molar-refractivity contribution is -0.122. The first kappa shape index (κ1) is 12.5. The van der Waals surface area contributed by atoms with Crippen molar-refractivity contribution >= 4 is 18.4 Å². The van der Waals surface area contributed by atoms with Gasteiger partial charge in [-0.3, -0.25) is 4.79 Å². The number of aromatic nitrogens is 1. The Balaban J connectivity index is 2.06. The van der Waals surface area contributed by atoms with Gasteiger partial charge >= 0.3 is 0 Å². The fourth-order valence-corrected chi connectivity index (χ4v) is 2.51. The molecule has 0 bridgehead atoms. The topological polar surface area (TPSA) is 22.0 Å². The van der Waals surface area contributed by atoms with Gasteiger partial charge in [-0.15, -0.1) is 12.6 Å². The van der Waals surface area contributed by atoms with Crippen LogP contribution >= 0.6 is 12.6 Å². The molecular formula is C15H14FNOS. The minimum Gasteiger partial charge on any atom is -0.339 e. The SMILES string of the molecule is O=C(C1CC1)C(c1ccccc1F)n1ccc(S)c1. The van der Waals surface area contributed by atoms with Crippen LogP contribution in [0.4, 0.5) is 4.39 Å². The van der Waals surface area contributed by atoms with Crippen molar-refractivity contribution in [1.82, 2.24) is 4.57 Å². The quantitative estimate of drug-likeness (QED) is 0.848. The molecule has 2 nitrogen and oxygen atoms in total. The van der Waals surface area contributed by atoms with Gasteiger partial charge in [0.25, 0.3) is 0 Å². The largest absolute Gasteiger partial charge is 0.339 e. The van der Waals surface area contributed by atoms with Gasteiger partial charge < -0.3 is 4.57 Å². The normalized spacial score (nSPS) is 16.3. The summed E-state index contributed by atoms with van der Waals surface area (Å²) >= 11 is 4.25. The van der Waals surface area contributed by atoms with Crippen LogP contribution in [0.3, 0.4) is 0 Å². The Kier molecular flexibility index (Phi) is 3.19. The van der Waals surface area contributed by atoms with Crippen LogP contribution in [0, 0.1) is 11.7 Å². The molecule has 0 radical (unpaired) electrons. The maximum Gasteiger partial charge on any atom is 0.163 e. The molecule has 1 heterocycles. The van der Waals surface area contributed by atoms with Gasteiger partial charge in [0.2, 0.25) is 0 Å². The van der Waals surface area contributed by atoms with Crippen molar-refractivity contribution in [1.29, 1.82) is 0 Å². The Morgan fingerprint density at radius 3 is 2.63 bits per heavy atom. The molecule has 1 aliphatic rings. The molecule has 1 aromatic heterocycles. The van der Waals surface area contributed by atoms with E-state index in [0.29, 0.717) is 5.56 Å². The molecule has 3 rings (SSSR count). The number of Topliss-reactive ketones (excluding diaryl/α,β-unsaturated/α-hetero) is 1. The number of carbonyl (C=O) groups excluding carboxylic acids is 1. The minimum atomic E-state index is -0.574. The van der Waals surface area contributed by atoms with E-state index >= 15 is 0 Å². The van der Waals surface area contributed by atoms with Gasteiger partial charge in [-0.05, 0) is 25.0 Å². The lowest BCUT2D eigenvalue weighted by atomic mass is 9.99. The van der Waals surface area contributed by atoms with E-state index in [1.807, 2.05) is 0 Å². The smallest absolute Gasteiger partial charge is 0.163 e. The molecule has 0 N–H and O–H groups in total. The van der Waals surface area contributed by atoms with Crippen molar-refractivity contribution < 1.29 is 9.18 Å². The monoisotopic (exact) mass is 275 g/mol. The van der Waals surface area contributed by atoms with Crippen LogP contribution in [0.2, 0.25) is 0 Å². The predicted molar refractivity (Wildman–Crippen MR) is 74.0 cm³/mol. The summed E-state index contributed by atoms with van der Waals surface area (Å²) in [6.45, 7) is 0. The summed E-state index contributed by atoms with van der Waals surface area (Å²) in [4.78, 5) is 13.2.